The lowest BCUT2D eigenvalue weighted by Crippen LogP contribution is -1.99. The van der Waals surface area contributed by atoms with Crippen LogP contribution in [0.15, 0.2) is 65.1 Å². The average Bonchev–Trinajstić information content (AvgIpc) is 3.35. The van der Waals surface area contributed by atoms with E-state index in [-0.39, 0.29) is 6.01 Å². The third kappa shape index (κ3) is 3.26. The van der Waals surface area contributed by atoms with E-state index in [0.717, 1.165) is 45.4 Å². The molecular weight excluding hydrogens is 376 g/mol. The van der Waals surface area contributed by atoms with Crippen LogP contribution in [0.2, 0.25) is 0 Å². The fourth-order valence-electron chi connectivity index (χ4n) is 3.93. The first-order chi connectivity index (χ1) is 14.6. The van der Waals surface area contributed by atoms with Gasteiger partial charge >= 0.3 is 0 Å². The van der Waals surface area contributed by atoms with Gasteiger partial charge in [-0.3, -0.25) is 5.10 Å². The fraction of sp³-hybridized carbons (Fsp3) is 0.167. The zero-order valence-electron chi connectivity index (χ0n) is 16.8. The predicted molar refractivity (Wildman–Crippen MR) is 119 cm³/mol. The van der Waals surface area contributed by atoms with E-state index in [0.29, 0.717) is 11.5 Å². The molecule has 6 nitrogen and oxygen atoms in total. The summed E-state index contributed by atoms with van der Waals surface area (Å²) in [4.78, 5) is 4.22. The number of H-pyrrole nitrogens is 1. The van der Waals surface area contributed by atoms with Gasteiger partial charge in [-0.15, -0.1) is 0 Å². The highest BCUT2D eigenvalue weighted by Crippen LogP contribution is 2.31. The average molecular weight is 398 g/mol. The van der Waals surface area contributed by atoms with Crippen LogP contribution in [-0.4, -0.2) is 22.3 Å². The summed E-state index contributed by atoms with van der Waals surface area (Å²) in [5, 5.41) is 8.96. The Balaban J connectivity index is 1.43. The maximum Gasteiger partial charge on any atom is 0.292 e. The van der Waals surface area contributed by atoms with Gasteiger partial charge in [0.1, 0.15) is 11.3 Å². The van der Waals surface area contributed by atoms with Crippen molar-refractivity contribution in [3.63, 3.8) is 0 Å². The first-order valence-corrected chi connectivity index (χ1v) is 9.88. The Bertz CT molecular complexity index is 1330. The summed E-state index contributed by atoms with van der Waals surface area (Å²) < 4.78 is 10.6. The Morgan fingerprint density at radius 3 is 2.50 bits per heavy atom. The number of hydrogen-bond acceptors (Lipinski definition) is 5. The molecule has 6 heteroatoms. The van der Waals surface area contributed by atoms with Crippen molar-refractivity contribution in [3.05, 3.63) is 71.9 Å². The van der Waals surface area contributed by atoms with Gasteiger partial charge in [0.25, 0.3) is 6.01 Å². The van der Waals surface area contributed by atoms with E-state index in [4.69, 9.17) is 14.9 Å². The van der Waals surface area contributed by atoms with Gasteiger partial charge < -0.3 is 14.9 Å². The highest BCUT2D eigenvalue weighted by Gasteiger charge is 2.15. The van der Waals surface area contributed by atoms with Crippen molar-refractivity contribution in [1.82, 2.24) is 15.2 Å². The van der Waals surface area contributed by atoms with Crippen LogP contribution in [0, 0.1) is 0 Å². The lowest BCUT2D eigenvalue weighted by atomic mass is 9.95. The van der Waals surface area contributed by atoms with Crippen LogP contribution < -0.4 is 10.5 Å². The number of methoxy groups -OCH3 is 1. The molecule has 0 aliphatic rings. The first-order valence-electron chi connectivity index (χ1n) is 9.88. The fourth-order valence-corrected chi connectivity index (χ4v) is 3.93. The minimum atomic E-state index is 0.181. The predicted octanol–water partition coefficient (Wildman–Crippen LogP) is 5.31. The Morgan fingerprint density at radius 2 is 1.73 bits per heavy atom. The van der Waals surface area contributed by atoms with Gasteiger partial charge in [-0.1, -0.05) is 37.3 Å². The monoisotopic (exact) mass is 398 g/mol. The van der Waals surface area contributed by atoms with E-state index in [1.54, 1.807) is 7.11 Å². The molecule has 0 saturated carbocycles. The maximum atomic E-state index is 5.66. The van der Waals surface area contributed by atoms with Crippen molar-refractivity contribution >= 4 is 28.0 Å². The van der Waals surface area contributed by atoms with E-state index >= 15 is 0 Å². The summed E-state index contributed by atoms with van der Waals surface area (Å²) in [6.45, 7) is 2.22. The van der Waals surface area contributed by atoms with Crippen LogP contribution in [0.1, 0.15) is 24.1 Å². The number of benzene rings is 3. The quantitative estimate of drug-likeness (QED) is 0.419. The highest BCUT2D eigenvalue weighted by atomic mass is 16.5. The molecule has 2 heterocycles. The van der Waals surface area contributed by atoms with Gasteiger partial charge in [0, 0.05) is 17.0 Å². The molecule has 1 unspecified atom stereocenters. The smallest absolute Gasteiger partial charge is 0.292 e. The summed E-state index contributed by atoms with van der Waals surface area (Å²) in [6, 6.07) is 20.6. The second-order valence-electron chi connectivity index (χ2n) is 7.56. The molecule has 3 N–H and O–H groups in total. The van der Waals surface area contributed by atoms with Crippen LogP contribution in [-0.2, 0) is 6.42 Å². The molecule has 5 aromatic rings. The van der Waals surface area contributed by atoms with Crippen LogP contribution in [0.5, 0.6) is 5.75 Å². The molecule has 0 amide bonds. The molecule has 30 heavy (non-hydrogen) atoms. The standard InChI is InChI=1S/C24H22N4O2/c1-14(11-15-3-7-18(29-2)8-4-15)23-19-9-5-16(12-20(19)27-28-23)17-6-10-22-21(13-17)26-24(25)30-22/h3-10,12-14H,11H2,1-2H3,(H2,25,26)(H,27,28). The number of rotatable bonds is 5. The zero-order valence-corrected chi connectivity index (χ0v) is 16.8. The van der Waals surface area contributed by atoms with Crippen molar-refractivity contribution < 1.29 is 9.15 Å². The normalized spacial score (nSPS) is 12.5. The van der Waals surface area contributed by atoms with Crippen LogP contribution in [0.25, 0.3) is 33.1 Å². The third-order valence-corrected chi connectivity index (χ3v) is 5.52. The summed E-state index contributed by atoms with van der Waals surface area (Å²) >= 11 is 0. The molecule has 1 atom stereocenters. The van der Waals surface area contributed by atoms with E-state index in [1.165, 1.54) is 5.56 Å². The minimum Gasteiger partial charge on any atom is -0.497 e. The number of fused-ring (bicyclic) bond motifs is 2. The molecule has 0 saturated heterocycles. The summed E-state index contributed by atoms with van der Waals surface area (Å²) in [6.07, 6.45) is 0.924. The Kier molecular flexibility index (Phi) is 4.39. The molecule has 0 bridgehead atoms. The highest BCUT2D eigenvalue weighted by molar-refractivity contribution is 5.88. The number of nitrogens with zero attached hydrogens (tertiary/aromatic N) is 2. The van der Waals surface area contributed by atoms with E-state index in [9.17, 15) is 0 Å². The first kappa shape index (κ1) is 18.2. The number of anilines is 1. The van der Waals surface area contributed by atoms with E-state index in [2.05, 4.69) is 52.4 Å². The number of aromatic amines is 1. The number of aromatic nitrogens is 3. The molecule has 150 valence electrons. The second kappa shape index (κ2) is 7.22. The Morgan fingerprint density at radius 1 is 1.00 bits per heavy atom. The number of oxazole rings is 1. The topological polar surface area (TPSA) is 90.0 Å². The second-order valence-corrected chi connectivity index (χ2v) is 7.56. The van der Waals surface area contributed by atoms with Crippen LogP contribution >= 0.6 is 0 Å². The van der Waals surface area contributed by atoms with Crippen molar-refractivity contribution in [2.75, 3.05) is 12.8 Å². The van der Waals surface area contributed by atoms with Gasteiger partial charge in [0.15, 0.2) is 5.58 Å². The number of ether oxygens (including phenoxy) is 1. The van der Waals surface area contributed by atoms with Crippen molar-refractivity contribution in [2.45, 2.75) is 19.3 Å². The van der Waals surface area contributed by atoms with E-state index in [1.807, 2.05) is 30.3 Å². The summed E-state index contributed by atoms with van der Waals surface area (Å²) in [5.74, 6) is 1.18. The number of nitrogens with one attached hydrogen (secondary N) is 1. The number of hydrogen-bond donors (Lipinski definition) is 2. The van der Waals surface area contributed by atoms with Crippen molar-refractivity contribution in [3.8, 4) is 16.9 Å². The van der Waals surface area contributed by atoms with Crippen molar-refractivity contribution in [2.24, 2.45) is 0 Å². The van der Waals surface area contributed by atoms with Gasteiger partial charge in [-0.2, -0.15) is 10.1 Å². The van der Waals surface area contributed by atoms with Crippen LogP contribution in [0.3, 0.4) is 0 Å². The SMILES string of the molecule is COc1ccc(CC(C)c2[nH]nc3cc(-c4ccc5oc(N)nc5c4)ccc23)cc1. The molecule has 0 aliphatic heterocycles. The molecular formula is C24H22N4O2. The Hall–Kier alpha value is -3.80. The lowest BCUT2D eigenvalue weighted by Gasteiger charge is -2.11. The largest absolute Gasteiger partial charge is 0.497 e. The minimum absolute atomic E-state index is 0.181. The molecule has 0 radical (unpaired) electrons. The molecule has 0 aliphatic carbocycles. The molecule has 3 aromatic carbocycles. The third-order valence-electron chi connectivity index (χ3n) is 5.52. The molecule has 2 aromatic heterocycles. The van der Waals surface area contributed by atoms with Crippen LogP contribution in [0.4, 0.5) is 6.01 Å². The van der Waals surface area contributed by atoms with Crippen molar-refractivity contribution in [1.29, 1.82) is 0 Å². The van der Waals surface area contributed by atoms with Gasteiger partial charge in [0.05, 0.1) is 12.6 Å². The lowest BCUT2D eigenvalue weighted by molar-refractivity contribution is 0.414. The number of nitrogens with two attached hydrogens (primary N) is 1. The van der Waals surface area contributed by atoms with Gasteiger partial charge in [0.2, 0.25) is 0 Å². The molecule has 0 fully saturated rings. The molecule has 0 spiro atoms. The van der Waals surface area contributed by atoms with E-state index < -0.39 is 0 Å². The summed E-state index contributed by atoms with van der Waals surface area (Å²) in [5.41, 5.74) is 12.6. The zero-order chi connectivity index (χ0) is 20.7. The van der Waals surface area contributed by atoms with Gasteiger partial charge in [-0.05, 0) is 53.4 Å². The maximum absolute atomic E-state index is 5.66. The number of nitrogen functional groups attached to an aromatic ring is 1. The van der Waals surface area contributed by atoms with Gasteiger partial charge in [-0.25, -0.2) is 0 Å². The molecule has 5 rings (SSSR count). The summed E-state index contributed by atoms with van der Waals surface area (Å²) in [7, 11) is 1.68. The Labute approximate surface area is 173 Å².